The van der Waals surface area contributed by atoms with Crippen LogP contribution in [0.1, 0.15) is 0 Å². The van der Waals surface area contributed by atoms with Gasteiger partial charge in [-0.15, -0.1) is 13.2 Å². The lowest BCUT2D eigenvalue weighted by Gasteiger charge is -2.08. The number of nitrogens with two attached hydrogens (primary N) is 1. The first-order valence-corrected chi connectivity index (χ1v) is 3.06. The van der Waals surface area contributed by atoms with Gasteiger partial charge < -0.3 is 10.5 Å². The molecule has 0 bridgehead atoms. The van der Waals surface area contributed by atoms with Gasteiger partial charge in [-0.25, -0.2) is 4.98 Å². The Morgan fingerprint density at radius 2 is 2.00 bits per heavy atom. The Bertz CT molecular complexity index is 312. The standard InChI is InChI=1S/C6H4F4N2O/c7-4-3(11)1-2-12-5(4)13-6(8,9)10/h1-2H,(H2,11,12). The van der Waals surface area contributed by atoms with Crippen molar-refractivity contribution in [3.63, 3.8) is 0 Å². The fourth-order valence-corrected chi connectivity index (χ4v) is 0.619. The van der Waals surface area contributed by atoms with Crippen molar-refractivity contribution < 1.29 is 22.3 Å². The lowest BCUT2D eigenvalue weighted by atomic mass is 10.4. The molecule has 0 aliphatic rings. The molecule has 7 heteroatoms. The normalized spacial score (nSPS) is 11.4. The van der Waals surface area contributed by atoms with Crippen LogP contribution in [0, 0.1) is 5.82 Å². The first kappa shape index (κ1) is 9.56. The lowest BCUT2D eigenvalue weighted by molar-refractivity contribution is -0.277. The number of anilines is 1. The van der Waals surface area contributed by atoms with Crippen LogP contribution < -0.4 is 10.5 Å². The van der Waals surface area contributed by atoms with Gasteiger partial charge in [-0.1, -0.05) is 0 Å². The van der Waals surface area contributed by atoms with Gasteiger partial charge in [0.15, 0.2) is 0 Å². The minimum absolute atomic E-state index is 0.450. The minimum atomic E-state index is -4.97. The molecule has 13 heavy (non-hydrogen) atoms. The third-order valence-electron chi connectivity index (χ3n) is 1.10. The second-order valence-corrected chi connectivity index (χ2v) is 2.07. The molecule has 1 aromatic rings. The van der Waals surface area contributed by atoms with E-state index >= 15 is 0 Å². The van der Waals surface area contributed by atoms with Crippen LogP contribution in [0.15, 0.2) is 12.3 Å². The number of hydrogen-bond acceptors (Lipinski definition) is 3. The van der Waals surface area contributed by atoms with Crippen LogP contribution in [0.5, 0.6) is 5.88 Å². The molecule has 1 heterocycles. The van der Waals surface area contributed by atoms with Gasteiger partial charge in [0.1, 0.15) is 0 Å². The molecule has 72 valence electrons. The van der Waals surface area contributed by atoms with E-state index in [0.717, 1.165) is 12.3 Å². The highest BCUT2D eigenvalue weighted by Crippen LogP contribution is 2.25. The van der Waals surface area contributed by atoms with Crippen molar-refractivity contribution in [2.75, 3.05) is 5.73 Å². The van der Waals surface area contributed by atoms with Gasteiger partial charge in [-0.2, -0.15) is 4.39 Å². The van der Waals surface area contributed by atoms with E-state index in [2.05, 4.69) is 9.72 Å². The van der Waals surface area contributed by atoms with Crippen molar-refractivity contribution in [2.24, 2.45) is 0 Å². The average molecular weight is 196 g/mol. The van der Waals surface area contributed by atoms with Crippen LogP contribution in [0.2, 0.25) is 0 Å². The van der Waals surface area contributed by atoms with Gasteiger partial charge in [-0.3, -0.25) is 0 Å². The number of halogens is 4. The zero-order chi connectivity index (χ0) is 10.1. The summed E-state index contributed by atoms with van der Waals surface area (Å²) in [6.45, 7) is 0. The van der Waals surface area contributed by atoms with E-state index in [1.807, 2.05) is 0 Å². The number of ether oxygens (including phenoxy) is 1. The summed E-state index contributed by atoms with van der Waals surface area (Å²) in [5, 5.41) is 0. The number of alkyl halides is 3. The SMILES string of the molecule is Nc1ccnc(OC(F)(F)F)c1F. The Labute approximate surface area is 70.1 Å². The highest BCUT2D eigenvalue weighted by Gasteiger charge is 2.33. The zero-order valence-corrected chi connectivity index (χ0v) is 6.10. The number of nitrogen functional groups attached to an aromatic ring is 1. The van der Waals surface area contributed by atoms with Crippen molar-refractivity contribution >= 4 is 5.69 Å². The molecule has 1 aromatic heterocycles. The van der Waals surface area contributed by atoms with Gasteiger partial charge >= 0.3 is 6.36 Å². The maximum Gasteiger partial charge on any atom is 0.574 e. The van der Waals surface area contributed by atoms with Crippen LogP contribution in [0.3, 0.4) is 0 Å². The topological polar surface area (TPSA) is 48.1 Å². The first-order valence-electron chi connectivity index (χ1n) is 3.06. The van der Waals surface area contributed by atoms with Crippen LogP contribution in [-0.2, 0) is 0 Å². The molecule has 0 aliphatic carbocycles. The molecule has 0 unspecified atom stereocenters. The minimum Gasteiger partial charge on any atom is -0.396 e. The lowest BCUT2D eigenvalue weighted by Crippen LogP contribution is -2.19. The van der Waals surface area contributed by atoms with E-state index in [9.17, 15) is 17.6 Å². The number of aromatic nitrogens is 1. The monoisotopic (exact) mass is 196 g/mol. The molecule has 0 atom stereocenters. The Hall–Kier alpha value is -1.53. The molecule has 1 rings (SSSR count). The largest absolute Gasteiger partial charge is 0.574 e. The smallest absolute Gasteiger partial charge is 0.396 e. The molecule has 0 spiro atoms. The van der Waals surface area contributed by atoms with E-state index in [1.165, 1.54) is 0 Å². The molecular formula is C6H4F4N2O. The summed E-state index contributed by atoms with van der Waals surface area (Å²) >= 11 is 0. The molecule has 0 radical (unpaired) electrons. The van der Waals surface area contributed by atoms with E-state index in [4.69, 9.17) is 5.73 Å². The van der Waals surface area contributed by atoms with Gasteiger partial charge in [0.25, 0.3) is 5.88 Å². The average Bonchev–Trinajstić information content (AvgIpc) is 1.96. The molecular weight excluding hydrogens is 192 g/mol. The highest BCUT2D eigenvalue weighted by atomic mass is 19.4. The van der Waals surface area contributed by atoms with Crippen molar-refractivity contribution in [3.05, 3.63) is 18.1 Å². The maximum atomic E-state index is 12.7. The van der Waals surface area contributed by atoms with Crippen molar-refractivity contribution in [2.45, 2.75) is 6.36 Å². The van der Waals surface area contributed by atoms with Crippen LogP contribution in [0.25, 0.3) is 0 Å². The number of rotatable bonds is 1. The summed E-state index contributed by atoms with van der Waals surface area (Å²) in [5.41, 5.74) is 4.53. The van der Waals surface area contributed by atoms with Crippen LogP contribution >= 0.6 is 0 Å². The van der Waals surface area contributed by atoms with Crippen LogP contribution in [-0.4, -0.2) is 11.3 Å². The molecule has 0 amide bonds. The Balaban J connectivity index is 2.96. The molecule has 0 saturated carbocycles. The molecule has 0 fully saturated rings. The van der Waals surface area contributed by atoms with Gasteiger partial charge in [-0.05, 0) is 6.07 Å². The van der Waals surface area contributed by atoms with Crippen molar-refractivity contribution in [3.8, 4) is 5.88 Å². The Kier molecular flexibility index (Phi) is 2.26. The number of pyridine rings is 1. The van der Waals surface area contributed by atoms with Crippen LogP contribution in [0.4, 0.5) is 23.2 Å². The second kappa shape index (κ2) is 3.08. The predicted molar refractivity (Wildman–Crippen MR) is 35.3 cm³/mol. The van der Waals surface area contributed by atoms with E-state index < -0.39 is 23.7 Å². The van der Waals surface area contributed by atoms with Gasteiger partial charge in [0.2, 0.25) is 5.82 Å². The quantitative estimate of drug-likeness (QED) is 0.695. The van der Waals surface area contributed by atoms with E-state index in [1.54, 1.807) is 0 Å². The van der Waals surface area contributed by atoms with Gasteiger partial charge in [0, 0.05) is 6.20 Å². The van der Waals surface area contributed by atoms with Crippen molar-refractivity contribution in [1.29, 1.82) is 0 Å². The summed E-state index contributed by atoms with van der Waals surface area (Å²) in [7, 11) is 0. The molecule has 0 aromatic carbocycles. The number of nitrogens with zero attached hydrogens (tertiary/aromatic N) is 1. The third-order valence-corrected chi connectivity index (χ3v) is 1.10. The highest BCUT2D eigenvalue weighted by molar-refractivity contribution is 5.41. The van der Waals surface area contributed by atoms with E-state index in [0.29, 0.717) is 0 Å². The second-order valence-electron chi connectivity index (χ2n) is 2.07. The zero-order valence-electron chi connectivity index (χ0n) is 6.10. The fourth-order valence-electron chi connectivity index (χ4n) is 0.619. The summed E-state index contributed by atoms with van der Waals surface area (Å²) < 4.78 is 50.7. The Morgan fingerprint density at radius 3 is 2.54 bits per heavy atom. The van der Waals surface area contributed by atoms with Crippen molar-refractivity contribution in [1.82, 2.24) is 4.98 Å². The molecule has 2 N–H and O–H groups in total. The van der Waals surface area contributed by atoms with Gasteiger partial charge in [0.05, 0.1) is 5.69 Å². The van der Waals surface area contributed by atoms with E-state index in [-0.39, 0.29) is 0 Å². The summed E-state index contributed by atoms with van der Waals surface area (Å²) in [5.74, 6) is -2.49. The first-order chi connectivity index (χ1) is 5.90. The predicted octanol–water partition coefficient (Wildman–Crippen LogP) is 1.70. The molecule has 0 aliphatic heterocycles. The maximum absolute atomic E-state index is 12.7. The Morgan fingerprint density at radius 1 is 1.38 bits per heavy atom. The molecule has 0 saturated heterocycles. The third kappa shape index (κ3) is 2.46. The summed E-state index contributed by atoms with van der Waals surface area (Å²) in [6, 6.07) is 1.03. The molecule has 3 nitrogen and oxygen atoms in total. The fraction of sp³-hybridized carbons (Fsp3) is 0.167. The number of hydrogen-bond donors (Lipinski definition) is 1. The summed E-state index contributed by atoms with van der Waals surface area (Å²) in [4.78, 5) is 3.03. The summed E-state index contributed by atoms with van der Waals surface area (Å²) in [6.07, 6.45) is -4.05.